The van der Waals surface area contributed by atoms with Gasteiger partial charge in [0.05, 0.1) is 6.04 Å². The lowest BCUT2D eigenvalue weighted by Gasteiger charge is -2.26. The van der Waals surface area contributed by atoms with Crippen LogP contribution in [0.15, 0.2) is 48.7 Å². The number of benzene rings is 1. The van der Waals surface area contributed by atoms with E-state index in [0.717, 1.165) is 13.0 Å². The van der Waals surface area contributed by atoms with E-state index in [1.54, 1.807) is 0 Å². The highest BCUT2D eigenvalue weighted by molar-refractivity contribution is 5.35. The number of pyridine rings is 1. The Hall–Kier alpha value is -1.67. The number of fused-ring (bicyclic) bond motifs is 1. The molecule has 1 atom stereocenters. The number of rotatable bonds is 1. The molecule has 1 unspecified atom stereocenters. The van der Waals surface area contributed by atoms with Gasteiger partial charge in [-0.15, -0.1) is 0 Å². The molecule has 1 aromatic carbocycles. The zero-order chi connectivity index (χ0) is 10.8. The van der Waals surface area contributed by atoms with E-state index in [9.17, 15) is 0 Å². The van der Waals surface area contributed by atoms with Crippen molar-refractivity contribution in [3.63, 3.8) is 0 Å². The lowest BCUT2D eigenvalue weighted by molar-refractivity contribution is 0.558. The Morgan fingerprint density at radius 3 is 2.81 bits per heavy atom. The third-order valence-corrected chi connectivity index (χ3v) is 3.08. The lowest BCUT2D eigenvalue weighted by atomic mass is 9.93. The maximum absolute atomic E-state index is 4.46. The standard InChI is InChI=1S/C14H14N2/c1-2-5-11(6-3-1)14-12-7-4-9-15-13(12)8-10-16-14/h1-7,9,14,16H,8,10H2. The topological polar surface area (TPSA) is 24.9 Å². The minimum absolute atomic E-state index is 0.304. The summed E-state index contributed by atoms with van der Waals surface area (Å²) in [6.45, 7) is 1.00. The normalized spacial score (nSPS) is 19.1. The zero-order valence-electron chi connectivity index (χ0n) is 9.06. The van der Waals surface area contributed by atoms with Crippen LogP contribution in [0.3, 0.4) is 0 Å². The van der Waals surface area contributed by atoms with Gasteiger partial charge in [0.1, 0.15) is 0 Å². The average Bonchev–Trinajstić information content (AvgIpc) is 2.39. The summed E-state index contributed by atoms with van der Waals surface area (Å²) in [5.41, 5.74) is 3.87. The van der Waals surface area contributed by atoms with Crippen molar-refractivity contribution in [2.75, 3.05) is 6.54 Å². The summed E-state index contributed by atoms with van der Waals surface area (Å²) < 4.78 is 0. The molecule has 2 aromatic rings. The number of hydrogen-bond acceptors (Lipinski definition) is 2. The third-order valence-electron chi connectivity index (χ3n) is 3.08. The molecule has 1 aliphatic rings. The lowest BCUT2D eigenvalue weighted by Crippen LogP contribution is -2.31. The molecule has 1 N–H and O–H groups in total. The van der Waals surface area contributed by atoms with E-state index in [4.69, 9.17) is 0 Å². The van der Waals surface area contributed by atoms with Crippen LogP contribution in [0.1, 0.15) is 22.9 Å². The highest BCUT2D eigenvalue weighted by Gasteiger charge is 2.20. The molecular formula is C14H14N2. The van der Waals surface area contributed by atoms with Crippen molar-refractivity contribution in [2.24, 2.45) is 0 Å². The quantitative estimate of drug-likeness (QED) is 0.781. The Balaban J connectivity index is 2.05. The van der Waals surface area contributed by atoms with Crippen molar-refractivity contribution >= 4 is 0 Å². The number of nitrogens with one attached hydrogen (secondary N) is 1. The van der Waals surface area contributed by atoms with E-state index in [2.05, 4.69) is 46.7 Å². The first-order chi connectivity index (χ1) is 7.95. The molecule has 0 fully saturated rings. The Labute approximate surface area is 95.3 Å². The minimum Gasteiger partial charge on any atom is -0.306 e. The first kappa shape index (κ1) is 9.55. The summed E-state index contributed by atoms with van der Waals surface area (Å²) in [6.07, 6.45) is 2.91. The second kappa shape index (κ2) is 4.06. The van der Waals surface area contributed by atoms with Crippen molar-refractivity contribution in [1.82, 2.24) is 10.3 Å². The molecule has 80 valence electrons. The Morgan fingerprint density at radius 2 is 1.94 bits per heavy atom. The molecule has 0 bridgehead atoms. The van der Waals surface area contributed by atoms with E-state index in [0.29, 0.717) is 6.04 Å². The van der Waals surface area contributed by atoms with Gasteiger partial charge in [0.25, 0.3) is 0 Å². The summed E-state index contributed by atoms with van der Waals surface area (Å²) in [4.78, 5) is 4.46. The van der Waals surface area contributed by atoms with Crippen molar-refractivity contribution in [3.8, 4) is 0 Å². The van der Waals surface area contributed by atoms with E-state index in [1.807, 2.05) is 12.3 Å². The summed E-state index contributed by atoms with van der Waals surface area (Å²) in [7, 11) is 0. The predicted molar refractivity (Wildman–Crippen MR) is 64.2 cm³/mol. The first-order valence-corrected chi connectivity index (χ1v) is 5.67. The van der Waals surface area contributed by atoms with E-state index >= 15 is 0 Å². The van der Waals surface area contributed by atoms with Crippen LogP contribution in [0.4, 0.5) is 0 Å². The molecular weight excluding hydrogens is 196 g/mol. The fourth-order valence-electron chi connectivity index (χ4n) is 2.31. The zero-order valence-corrected chi connectivity index (χ0v) is 9.06. The molecule has 0 aliphatic carbocycles. The van der Waals surface area contributed by atoms with E-state index in [1.165, 1.54) is 16.8 Å². The molecule has 16 heavy (non-hydrogen) atoms. The predicted octanol–water partition coefficient (Wildman–Crippen LogP) is 2.32. The Morgan fingerprint density at radius 1 is 1.06 bits per heavy atom. The monoisotopic (exact) mass is 210 g/mol. The highest BCUT2D eigenvalue weighted by atomic mass is 14.9. The maximum atomic E-state index is 4.46. The van der Waals surface area contributed by atoms with Crippen LogP contribution in [0.25, 0.3) is 0 Å². The smallest absolute Gasteiger partial charge is 0.0594 e. The number of aromatic nitrogens is 1. The maximum Gasteiger partial charge on any atom is 0.0594 e. The van der Waals surface area contributed by atoms with Crippen molar-refractivity contribution in [2.45, 2.75) is 12.5 Å². The second-order valence-electron chi connectivity index (χ2n) is 4.09. The molecule has 0 amide bonds. The molecule has 0 spiro atoms. The van der Waals surface area contributed by atoms with Gasteiger partial charge in [-0.25, -0.2) is 0 Å². The van der Waals surface area contributed by atoms with Crippen molar-refractivity contribution in [3.05, 3.63) is 65.5 Å². The molecule has 1 aromatic heterocycles. The fourth-order valence-corrected chi connectivity index (χ4v) is 2.31. The van der Waals surface area contributed by atoms with Crippen molar-refractivity contribution in [1.29, 1.82) is 0 Å². The van der Waals surface area contributed by atoms with Crippen LogP contribution >= 0.6 is 0 Å². The second-order valence-corrected chi connectivity index (χ2v) is 4.09. The molecule has 0 radical (unpaired) electrons. The summed E-state index contributed by atoms with van der Waals surface area (Å²) in [5.74, 6) is 0. The molecule has 2 heterocycles. The number of nitrogens with zero attached hydrogens (tertiary/aromatic N) is 1. The van der Waals surface area contributed by atoms with Crippen LogP contribution in [0.5, 0.6) is 0 Å². The fraction of sp³-hybridized carbons (Fsp3) is 0.214. The summed E-state index contributed by atoms with van der Waals surface area (Å²) >= 11 is 0. The van der Waals surface area contributed by atoms with E-state index < -0.39 is 0 Å². The van der Waals surface area contributed by atoms with Gasteiger partial charge in [-0.2, -0.15) is 0 Å². The number of hydrogen-bond donors (Lipinski definition) is 1. The van der Waals surface area contributed by atoms with E-state index in [-0.39, 0.29) is 0 Å². The molecule has 0 saturated carbocycles. The summed E-state index contributed by atoms with van der Waals surface area (Å²) in [6, 6.07) is 15.0. The molecule has 2 heteroatoms. The third kappa shape index (κ3) is 1.61. The van der Waals surface area contributed by atoms with Crippen LogP contribution in [0, 0.1) is 0 Å². The van der Waals surface area contributed by atoms with Gasteiger partial charge >= 0.3 is 0 Å². The van der Waals surface area contributed by atoms with Crippen LogP contribution in [-0.2, 0) is 6.42 Å². The average molecular weight is 210 g/mol. The molecule has 2 nitrogen and oxygen atoms in total. The van der Waals surface area contributed by atoms with Gasteiger partial charge in [0, 0.05) is 24.9 Å². The summed E-state index contributed by atoms with van der Waals surface area (Å²) in [5, 5.41) is 3.55. The van der Waals surface area contributed by atoms with Gasteiger partial charge in [0.15, 0.2) is 0 Å². The minimum atomic E-state index is 0.304. The highest BCUT2D eigenvalue weighted by Crippen LogP contribution is 2.26. The van der Waals surface area contributed by atoms with Gasteiger partial charge in [0.2, 0.25) is 0 Å². The van der Waals surface area contributed by atoms with Gasteiger partial charge < -0.3 is 5.32 Å². The van der Waals surface area contributed by atoms with Crippen LogP contribution in [0.2, 0.25) is 0 Å². The van der Waals surface area contributed by atoms with Crippen molar-refractivity contribution < 1.29 is 0 Å². The SMILES string of the molecule is c1ccc(C2NCCc3ncccc32)cc1. The molecule has 3 rings (SSSR count). The Bertz CT molecular complexity index is 479. The first-order valence-electron chi connectivity index (χ1n) is 5.67. The molecule has 0 saturated heterocycles. The van der Waals surface area contributed by atoms with Gasteiger partial charge in [-0.05, 0) is 17.2 Å². The van der Waals surface area contributed by atoms with Gasteiger partial charge in [-0.3, -0.25) is 4.98 Å². The Kier molecular flexibility index (Phi) is 2.43. The van der Waals surface area contributed by atoms with Gasteiger partial charge in [-0.1, -0.05) is 36.4 Å². The van der Waals surface area contributed by atoms with Crippen LogP contribution in [-0.4, -0.2) is 11.5 Å². The van der Waals surface area contributed by atoms with Crippen LogP contribution < -0.4 is 5.32 Å². The largest absolute Gasteiger partial charge is 0.306 e. The molecule has 1 aliphatic heterocycles.